The number of phenolic OH excluding ortho intramolecular Hbond substituents is 1. The van der Waals surface area contributed by atoms with E-state index in [9.17, 15) is 14.7 Å². The van der Waals surface area contributed by atoms with Crippen molar-refractivity contribution < 1.29 is 43.1 Å². The van der Waals surface area contributed by atoms with Crippen molar-refractivity contribution in [1.82, 2.24) is 0 Å². The molecule has 2 aliphatic rings. The number of rotatable bonds is 5. The van der Waals surface area contributed by atoms with E-state index in [4.69, 9.17) is 28.4 Å². The first-order chi connectivity index (χ1) is 19.1. The summed E-state index contributed by atoms with van der Waals surface area (Å²) in [5, 5.41) is 10.3. The molecule has 0 amide bonds. The molecule has 1 N–H and O–H groups in total. The molecule has 2 unspecified atom stereocenters. The lowest BCUT2D eigenvalue weighted by molar-refractivity contribution is -0.152. The smallest absolute Gasteiger partial charge is 0.342 e. The summed E-state index contributed by atoms with van der Waals surface area (Å²) in [7, 11) is 1.46. The topological polar surface area (TPSA) is 110 Å². The first-order valence-corrected chi connectivity index (χ1v) is 13.2. The van der Waals surface area contributed by atoms with Gasteiger partial charge in [0, 0.05) is 19.1 Å². The van der Waals surface area contributed by atoms with Crippen LogP contribution < -0.4 is 4.74 Å². The third-order valence-electron chi connectivity index (χ3n) is 6.76. The minimum absolute atomic E-state index is 0.0832. The van der Waals surface area contributed by atoms with Crippen molar-refractivity contribution in [2.45, 2.75) is 64.3 Å². The van der Waals surface area contributed by atoms with E-state index in [1.54, 1.807) is 43.3 Å². The van der Waals surface area contributed by atoms with E-state index in [-0.39, 0.29) is 29.8 Å². The van der Waals surface area contributed by atoms with Gasteiger partial charge in [0.15, 0.2) is 12.6 Å². The van der Waals surface area contributed by atoms with Crippen LogP contribution in [0.1, 0.15) is 60.4 Å². The zero-order valence-corrected chi connectivity index (χ0v) is 23.4. The average molecular weight is 553 g/mol. The van der Waals surface area contributed by atoms with Gasteiger partial charge in [-0.2, -0.15) is 0 Å². The van der Waals surface area contributed by atoms with Crippen molar-refractivity contribution in [1.29, 1.82) is 0 Å². The molecule has 4 rings (SSSR count). The second-order valence-corrected chi connectivity index (χ2v) is 10.3. The summed E-state index contributed by atoms with van der Waals surface area (Å²) < 4.78 is 34.8. The second-order valence-electron chi connectivity index (χ2n) is 10.3. The number of fused-ring (bicyclic) bond motifs is 2. The highest BCUT2D eigenvalue weighted by molar-refractivity contribution is 5.97. The predicted molar refractivity (Wildman–Crippen MR) is 147 cm³/mol. The Morgan fingerprint density at radius 3 is 2.58 bits per heavy atom. The lowest BCUT2D eigenvalue weighted by Gasteiger charge is -2.25. The monoisotopic (exact) mass is 552 g/mol. The van der Waals surface area contributed by atoms with Gasteiger partial charge in [0.25, 0.3) is 0 Å². The van der Waals surface area contributed by atoms with E-state index >= 15 is 0 Å². The molecule has 214 valence electrons. The van der Waals surface area contributed by atoms with E-state index in [2.05, 4.69) is 0 Å². The van der Waals surface area contributed by atoms with E-state index in [1.807, 2.05) is 39.0 Å². The number of hydrogen-bond acceptors (Lipinski definition) is 9. The highest BCUT2D eigenvalue weighted by atomic mass is 16.8. The van der Waals surface area contributed by atoms with E-state index < -0.39 is 42.1 Å². The minimum atomic E-state index is -0.919. The minimum Gasteiger partial charge on any atom is -0.508 e. The molecule has 0 spiro atoms. The number of carbonyl (C=O) groups is 2. The summed E-state index contributed by atoms with van der Waals surface area (Å²) in [4.78, 5) is 26.4. The van der Waals surface area contributed by atoms with Gasteiger partial charge in [-0.15, -0.1) is 0 Å². The Labute approximate surface area is 234 Å². The van der Waals surface area contributed by atoms with E-state index in [1.165, 1.54) is 19.2 Å². The van der Waals surface area contributed by atoms with E-state index in [0.717, 1.165) is 0 Å². The van der Waals surface area contributed by atoms with Crippen molar-refractivity contribution in [3.8, 4) is 11.5 Å². The number of aromatic hydroxyl groups is 1. The first kappa shape index (κ1) is 29.3. The van der Waals surface area contributed by atoms with Gasteiger partial charge in [-0.1, -0.05) is 43.4 Å². The van der Waals surface area contributed by atoms with Crippen molar-refractivity contribution in [2.24, 2.45) is 5.92 Å². The Hall–Kier alpha value is -3.66. The fourth-order valence-corrected chi connectivity index (χ4v) is 4.62. The average Bonchev–Trinajstić information content (AvgIpc) is 3.22. The molecule has 2 aliphatic heterocycles. The Balaban J connectivity index is 1.73. The number of hydrogen-bond donors (Lipinski definition) is 1. The van der Waals surface area contributed by atoms with Crippen LogP contribution >= 0.6 is 0 Å². The number of esters is 2. The summed E-state index contributed by atoms with van der Waals surface area (Å²) in [6.07, 6.45) is 5.08. The predicted octanol–water partition coefficient (Wildman–Crippen LogP) is 5.28. The number of carbonyl (C=O) groups excluding carboxylic acids is 2. The zero-order valence-electron chi connectivity index (χ0n) is 23.4. The normalized spacial score (nSPS) is 26.2. The molecule has 1 fully saturated rings. The van der Waals surface area contributed by atoms with Crippen LogP contribution in [0.5, 0.6) is 11.5 Å². The third-order valence-corrected chi connectivity index (χ3v) is 6.76. The molecule has 1 saturated heterocycles. The maximum absolute atomic E-state index is 13.4. The largest absolute Gasteiger partial charge is 0.508 e. The maximum Gasteiger partial charge on any atom is 0.342 e. The van der Waals surface area contributed by atoms with Gasteiger partial charge in [-0.3, -0.25) is 0 Å². The lowest BCUT2D eigenvalue weighted by Crippen LogP contribution is -2.37. The van der Waals surface area contributed by atoms with Crippen LogP contribution in [0.25, 0.3) is 6.08 Å². The summed E-state index contributed by atoms with van der Waals surface area (Å²) in [5.74, 6) is -2.21. The molecule has 0 bridgehead atoms. The highest BCUT2D eigenvalue weighted by Crippen LogP contribution is 2.35. The molecule has 2 heterocycles. The third kappa shape index (κ3) is 7.10. The molecule has 0 aliphatic carbocycles. The molecule has 40 heavy (non-hydrogen) atoms. The van der Waals surface area contributed by atoms with Crippen LogP contribution in [-0.4, -0.2) is 61.2 Å². The van der Waals surface area contributed by atoms with Crippen molar-refractivity contribution in [3.05, 3.63) is 77.4 Å². The fourth-order valence-electron chi connectivity index (χ4n) is 4.62. The first-order valence-electron chi connectivity index (χ1n) is 13.2. The molecule has 0 radical (unpaired) electrons. The SMILES string of the molecule is COCOc1cc(O)cc2c1C(=O)OC(C)[C@H](C)C=CC(OC(=O)c1ccccc1)[C@H]1OC(C)(C)O[C@H]1CC=C2. The quantitative estimate of drug-likeness (QED) is 0.301. The van der Waals surface area contributed by atoms with Gasteiger partial charge in [0.05, 0.1) is 11.7 Å². The van der Waals surface area contributed by atoms with Gasteiger partial charge in [0.2, 0.25) is 0 Å². The number of cyclic esters (lactones) is 1. The van der Waals surface area contributed by atoms with Crippen LogP contribution in [0.4, 0.5) is 0 Å². The standard InChI is InChI=1S/C31H36O9/c1-19-14-15-24(38-29(33)21-10-7-6-8-11-21)28-25(39-31(3,4)40-28)13-9-12-22-16-23(32)17-26(36-18-35-5)27(22)30(34)37-20(19)2/h6-12,14-17,19-20,24-25,28,32H,13,18H2,1-5H3/t19-,20?,24?,25+,28-/m1/s1. The Kier molecular flexibility index (Phi) is 9.29. The highest BCUT2D eigenvalue weighted by Gasteiger charge is 2.45. The van der Waals surface area contributed by atoms with Crippen LogP contribution in [0.15, 0.2) is 60.7 Å². The van der Waals surface area contributed by atoms with Gasteiger partial charge in [-0.25, -0.2) is 9.59 Å². The van der Waals surface area contributed by atoms with Gasteiger partial charge >= 0.3 is 11.9 Å². The summed E-state index contributed by atoms with van der Waals surface area (Å²) in [6.45, 7) is 7.16. The van der Waals surface area contributed by atoms with Gasteiger partial charge < -0.3 is 33.5 Å². The van der Waals surface area contributed by atoms with Crippen LogP contribution in [0.2, 0.25) is 0 Å². The number of methoxy groups -OCH3 is 1. The molecular weight excluding hydrogens is 516 g/mol. The van der Waals surface area contributed by atoms with Crippen molar-refractivity contribution >= 4 is 18.0 Å². The molecule has 9 heteroatoms. The molecule has 0 saturated carbocycles. The molecule has 2 aromatic carbocycles. The Morgan fingerprint density at radius 2 is 1.85 bits per heavy atom. The van der Waals surface area contributed by atoms with Crippen LogP contribution in [-0.2, 0) is 23.7 Å². The summed E-state index contributed by atoms with van der Waals surface area (Å²) >= 11 is 0. The van der Waals surface area contributed by atoms with Crippen LogP contribution in [0, 0.1) is 5.92 Å². The molecule has 0 aromatic heterocycles. The second kappa shape index (κ2) is 12.7. The van der Waals surface area contributed by atoms with Crippen molar-refractivity contribution in [2.75, 3.05) is 13.9 Å². The van der Waals surface area contributed by atoms with Crippen molar-refractivity contribution in [3.63, 3.8) is 0 Å². The Morgan fingerprint density at radius 1 is 1.10 bits per heavy atom. The maximum atomic E-state index is 13.4. The number of ether oxygens (including phenoxy) is 6. The fraction of sp³-hybridized carbons (Fsp3) is 0.419. The Bertz CT molecular complexity index is 1250. The van der Waals surface area contributed by atoms with Crippen LogP contribution in [0.3, 0.4) is 0 Å². The molecule has 5 atom stereocenters. The molecule has 9 nitrogen and oxygen atoms in total. The zero-order chi connectivity index (χ0) is 28.9. The van der Waals surface area contributed by atoms with Gasteiger partial charge in [-0.05, 0) is 57.0 Å². The summed E-state index contributed by atoms with van der Waals surface area (Å²) in [6, 6.07) is 11.6. The van der Waals surface area contributed by atoms with E-state index in [0.29, 0.717) is 17.5 Å². The van der Waals surface area contributed by atoms with Gasteiger partial charge in [0.1, 0.15) is 35.4 Å². The molecule has 2 aromatic rings. The lowest BCUT2D eigenvalue weighted by atomic mass is 9.98. The number of benzene rings is 2. The number of phenols is 1. The molecular formula is C31H36O9. The summed E-state index contributed by atoms with van der Waals surface area (Å²) in [5.41, 5.74) is 0.995.